The third-order valence-electron chi connectivity index (χ3n) is 2.89. The maximum absolute atomic E-state index is 5.14. The molecule has 1 N–H and O–H groups in total. The Morgan fingerprint density at radius 1 is 1.47 bits per heavy atom. The van der Waals surface area contributed by atoms with Crippen molar-refractivity contribution in [3.8, 4) is 0 Å². The lowest BCUT2D eigenvalue weighted by atomic mass is 10.1. The van der Waals surface area contributed by atoms with Gasteiger partial charge < -0.3 is 14.6 Å². The van der Waals surface area contributed by atoms with Crippen LogP contribution in [0.2, 0.25) is 0 Å². The number of nitrogens with one attached hydrogen (secondary N) is 1. The Kier molecular flexibility index (Phi) is 4.68. The highest BCUT2D eigenvalue weighted by atomic mass is 32.1. The van der Waals surface area contributed by atoms with Crippen LogP contribution in [0.5, 0.6) is 0 Å². The molecule has 5 nitrogen and oxygen atoms in total. The van der Waals surface area contributed by atoms with Gasteiger partial charge in [0, 0.05) is 22.9 Å². The van der Waals surface area contributed by atoms with Gasteiger partial charge in [0.1, 0.15) is 6.61 Å². The van der Waals surface area contributed by atoms with Gasteiger partial charge in [0.2, 0.25) is 5.89 Å². The van der Waals surface area contributed by atoms with Gasteiger partial charge in [-0.05, 0) is 32.4 Å². The highest BCUT2D eigenvalue weighted by Crippen LogP contribution is 2.26. The van der Waals surface area contributed by atoms with Crippen molar-refractivity contribution in [1.82, 2.24) is 15.5 Å². The first kappa shape index (κ1) is 14.2. The monoisotopic (exact) mass is 281 g/mol. The van der Waals surface area contributed by atoms with Gasteiger partial charge in [-0.15, -0.1) is 11.3 Å². The zero-order valence-electron chi connectivity index (χ0n) is 11.7. The maximum atomic E-state index is 5.14. The summed E-state index contributed by atoms with van der Waals surface area (Å²) in [5, 5.41) is 7.22. The summed E-state index contributed by atoms with van der Waals surface area (Å²) in [6.45, 7) is 7.35. The van der Waals surface area contributed by atoms with Gasteiger partial charge in [-0.3, -0.25) is 0 Å². The van der Waals surface area contributed by atoms with E-state index in [1.165, 1.54) is 15.3 Å². The van der Waals surface area contributed by atoms with Crippen LogP contribution in [0.4, 0.5) is 0 Å². The Labute approximate surface area is 117 Å². The standard InChI is InChI=1S/C13H19N3O2S/c1-8-5-11(10(3)19-8)9(2)14-6-13-15-12(7-17-4)16-18-13/h5,9,14H,6-7H2,1-4H3/t9-/m1/s1. The number of aromatic nitrogens is 2. The number of hydrogen-bond acceptors (Lipinski definition) is 6. The van der Waals surface area contributed by atoms with Crippen LogP contribution in [-0.2, 0) is 17.9 Å². The van der Waals surface area contributed by atoms with Gasteiger partial charge in [-0.1, -0.05) is 5.16 Å². The van der Waals surface area contributed by atoms with E-state index >= 15 is 0 Å². The van der Waals surface area contributed by atoms with Gasteiger partial charge in [-0.2, -0.15) is 4.98 Å². The van der Waals surface area contributed by atoms with Crippen LogP contribution in [-0.4, -0.2) is 17.3 Å². The summed E-state index contributed by atoms with van der Waals surface area (Å²) in [5.41, 5.74) is 1.33. The van der Waals surface area contributed by atoms with Gasteiger partial charge in [0.15, 0.2) is 5.82 Å². The molecule has 0 saturated carbocycles. The molecule has 1 atom stereocenters. The van der Waals surface area contributed by atoms with Gasteiger partial charge >= 0.3 is 0 Å². The Balaban J connectivity index is 1.92. The Hall–Kier alpha value is -1.24. The lowest BCUT2D eigenvalue weighted by molar-refractivity contribution is 0.174. The van der Waals surface area contributed by atoms with Gasteiger partial charge in [0.05, 0.1) is 6.54 Å². The third-order valence-corrected chi connectivity index (χ3v) is 3.87. The van der Waals surface area contributed by atoms with Crippen molar-refractivity contribution in [3.05, 3.63) is 33.1 Å². The van der Waals surface area contributed by atoms with Crippen LogP contribution in [0.1, 0.15) is 40.0 Å². The summed E-state index contributed by atoms with van der Waals surface area (Å²) in [6, 6.07) is 2.49. The number of methoxy groups -OCH3 is 1. The molecule has 0 fully saturated rings. The number of thiophene rings is 1. The largest absolute Gasteiger partial charge is 0.377 e. The van der Waals surface area contributed by atoms with Crippen LogP contribution < -0.4 is 5.32 Å². The van der Waals surface area contributed by atoms with E-state index in [1.54, 1.807) is 7.11 Å². The van der Waals surface area contributed by atoms with E-state index in [2.05, 4.69) is 42.3 Å². The molecule has 0 amide bonds. The summed E-state index contributed by atoms with van der Waals surface area (Å²) in [7, 11) is 1.61. The molecule has 2 rings (SSSR count). The molecule has 104 valence electrons. The summed E-state index contributed by atoms with van der Waals surface area (Å²) in [5.74, 6) is 1.16. The minimum absolute atomic E-state index is 0.266. The van der Waals surface area contributed by atoms with Gasteiger partial charge in [-0.25, -0.2) is 0 Å². The number of rotatable bonds is 6. The fraction of sp³-hybridized carbons (Fsp3) is 0.538. The van der Waals surface area contributed by atoms with E-state index in [9.17, 15) is 0 Å². The van der Waals surface area contributed by atoms with Crippen molar-refractivity contribution in [2.75, 3.05) is 7.11 Å². The molecule has 2 aromatic heterocycles. The topological polar surface area (TPSA) is 60.2 Å². The summed E-state index contributed by atoms with van der Waals surface area (Å²) >= 11 is 1.82. The number of ether oxygens (including phenoxy) is 1. The molecule has 0 bridgehead atoms. The first-order chi connectivity index (χ1) is 9.10. The fourth-order valence-corrected chi connectivity index (χ4v) is 3.00. The SMILES string of the molecule is COCc1noc(CN[C@H](C)c2cc(C)sc2C)n1. The fourth-order valence-electron chi connectivity index (χ4n) is 1.98. The average molecular weight is 281 g/mol. The van der Waals surface area contributed by atoms with Crippen molar-refractivity contribution in [3.63, 3.8) is 0 Å². The molecule has 19 heavy (non-hydrogen) atoms. The highest BCUT2D eigenvalue weighted by Gasteiger charge is 2.12. The number of hydrogen-bond donors (Lipinski definition) is 1. The molecule has 0 unspecified atom stereocenters. The van der Waals surface area contributed by atoms with Crippen molar-refractivity contribution in [2.45, 2.75) is 40.0 Å². The molecular formula is C13H19N3O2S. The van der Waals surface area contributed by atoms with Crippen LogP contribution in [0.25, 0.3) is 0 Å². The average Bonchev–Trinajstić information content (AvgIpc) is 2.93. The Bertz CT molecular complexity index is 536. The molecule has 0 saturated heterocycles. The quantitative estimate of drug-likeness (QED) is 0.882. The second kappa shape index (κ2) is 6.27. The molecule has 0 aromatic carbocycles. The highest BCUT2D eigenvalue weighted by molar-refractivity contribution is 7.12. The molecule has 6 heteroatoms. The summed E-state index contributed by atoms with van der Waals surface area (Å²) < 4.78 is 10.1. The van der Waals surface area contributed by atoms with E-state index in [0.717, 1.165) is 0 Å². The zero-order chi connectivity index (χ0) is 13.8. The van der Waals surface area contributed by atoms with E-state index in [1.807, 2.05) is 11.3 Å². The van der Waals surface area contributed by atoms with E-state index in [-0.39, 0.29) is 6.04 Å². The number of aryl methyl sites for hydroxylation is 2. The predicted octanol–water partition coefficient (Wildman–Crippen LogP) is 2.75. The maximum Gasteiger partial charge on any atom is 0.240 e. The zero-order valence-corrected chi connectivity index (χ0v) is 12.5. The summed E-state index contributed by atoms with van der Waals surface area (Å²) in [6.07, 6.45) is 0. The molecule has 0 radical (unpaired) electrons. The van der Waals surface area contributed by atoms with Crippen molar-refractivity contribution in [2.24, 2.45) is 0 Å². The molecular weight excluding hydrogens is 262 g/mol. The van der Waals surface area contributed by atoms with Crippen LogP contribution in [0.15, 0.2) is 10.6 Å². The lowest BCUT2D eigenvalue weighted by Crippen LogP contribution is -2.18. The van der Waals surface area contributed by atoms with Crippen molar-refractivity contribution >= 4 is 11.3 Å². The third kappa shape index (κ3) is 3.62. The summed E-state index contributed by atoms with van der Waals surface area (Å²) in [4.78, 5) is 6.92. The van der Waals surface area contributed by atoms with Crippen molar-refractivity contribution in [1.29, 1.82) is 0 Å². The second-order valence-electron chi connectivity index (χ2n) is 4.51. The molecule has 0 aliphatic carbocycles. The first-order valence-electron chi connectivity index (χ1n) is 6.21. The smallest absolute Gasteiger partial charge is 0.240 e. The van der Waals surface area contributed by atoms with Crippen LogP contribution >= 0.6 is 11.3 Å². The molecule has 2 heterocycles. The van der Waals surface area contributed by atoms with Crippen LogP contribution in [0.3, 0.4) is 0 Å². The molecule has 2 aromatic rings. The minimum Gasteiger partial charge on any atom is -0.377 e. The second-order valence-corrected chi connectivity index (χ2v) is 5.97. The lowest BCUT2D eigenvalue weighted by Gasteiger charge is -2.11. The molecule has 0 spiro atoms. The van der Waals surface area contributed by atoms with Gasteiger partial charge in [0.25, 0.3) is 0 Å². The number of nitrogens with zero attached hydrogens (tertiary/aromatic N) is 2. The Morgan fingerprint density at radius 3 is 2.89 bits per heavy atom. The van der Waals surface area contributed by atoms with Crippen LogP contribution in [0, 0.1) is 13.8 Å². The normalized spacial score (nSPS) is 12.8. The molecule has 0 aliphatic heterocycles. The Morgan fingerprint density at radius 2 is 2.26 bits per heavy atom. The molecule has 0 aliphatic rings. The van der Waals surface area contributed by atoms with E-state index < -0.39 is 0 Å². The predicted molar refractivity (Wildman–Crippen MR) is 74.1 cm³/mol. The van der Waals surface area contributed by atoms with E-state index in [0.29, 0.717) is 24.9 Å². The van der Waals surface area contributed by atoms with Crippen molar-refractivity contribution < 1.29 is 9.26 Å². The van der Waals surface area contributed by atoms with E-state index in [4.69, 9.17) is 9.26 Å². The minimum atomic E-state index is 0.266. The first-order valence-corrected chi connectivity index (χ1v) is 7.02.